The summed E-state index contributed by atoms with van der Waals surface area (Å²) in [6, 6.07) is 14.9. The molecule has 2 rings (SSSR count). The molecule has 4 heteroatoms. The first-order valence-corrected chi connectivity index (χ1v) is 6.20. The maximum absolute atomic E-state index is 11.0. The van der Waals surface area contributed by atoms with Crippen molar-refractivity contribution in [3.05, 3.63) is 58.6 Å². The number of benzene rings is 2. The molecule has 0 aliphatic carbocycles. The van der Waals surface area contributed by atoms with Crippen LogP contribution in [0.2, 0.25) is 0 Å². The molecule has 0 radical (unpaired) electrons. The summed E-state index contributed by atoms with van der Waals surface area (Å²) >= 11 is 3.33. The Morgan fingerprint density at radius 2 is 1.78 bits per heavy atom. The third-order valence-corrected chi connectivity index (χ3v) is 3.12. The highest BCUT2D eigenvalue weighted by Gasteiger charge is 2.09. The number of hydrogen-bond acceptors (Lipinski definition) is 2. The van der Waals surface area contributed by atoms with Crippen LogP contribution >= 0.6 is 15.9 Å². The van der Waals surface area contributed by atoms with Gasteiger partial charge in [-0.3, -0.25) is 0 Å². The number of carboxylic acid groups (broad SMARTS) is 1. The van der Waals surface area contributed by atoms with E-state index in [1.165, 1.54) is 0 Å². The maximum atomic E-state index is 11.0. The zero-order chi connectivity index (χ0) is 13.1. The van der Waals surface area contributed by atoms with Gasteiger partial charge in [-0.1, -0.05) is 34.1 Å². The summed E-state index contributed by atoms with van der Waals surface area (Å²) in [7, 11) is 1.91. The second-order valence-corrected chi connectivity index (χ2v) is 4.81. The third kappa shape index (κ3) is 2.71. The number of anilines is 2. The molecule has 0 bridgehead atoms. The number of aromatic carboxylic acids is 1. The Hall–Kier alpha value is -1.81. The van der Waals surface area contributed by atoms with Gasteiger partial charge in [0.2, 0.25) is 0 Å². The van der Waals surface area contributed by atoms with Gasteiger partial charge < -0.3 is 10.0 Å². The molecular weight excluding hydrogens is 294 g/mol. The number of nitrogens with zero attached hydrogens (tertiary/aromatic N) is 1. The smallest absolute Gasteiger partial charge is 0.335 e. The molecule has 2 aromatic carbocycles. The highest BCUT2D eigenvalue weighted by atomic mass is 79.9. The van der Waals surface area contributed by atoms with E-state index in [2.05, 4.69) is 15.9 Å². The molecule has 1 N–H and O–H groups in total. The van der Waals surface area contributed by atoms with E-state index < -0.39 is 5.97 Å². The van der Waals surface area contributed by atoms with Gasteiger partial charge in [0, 0.05) is 22.9 Å². The maximum Gasteiger partial charge on any atom is 0.335 e. The van der Waals surface area contributed by atoms with Gasteiger partial charge in [-0.05, 0) is 30.3 Å². The lowest BCUT2D eigenvalue weighted by Crippen LogP contribution is -2.10. The van der Waals surface area contributed by atoms with E-state index in [4.69, 9.17) is 5.11 Å². The van der Waals surface area contributed by atoms with Gasteiger partial charge in [0.05, 0.1) is 5.56 Å². The molecule has 0 atom stereocenters. The van der Waals surface area contributed by atoms with Crippen LogP contribution in [0.25, 0.3) is 0 Å². The topological polar surface area (TPSA) is 40.5 Å². The van der Waals surface area contributed by atoms with Crippen LogP contribution in [0.4, 0.5) is 11.4 Å². The van der Waals surface area contributed by atoms with E-state index in [9.17, 15) is 4.79 Å². The SMILES string of the molecule is CN(c1ccccc1)c1cc(Br)cc(C(=O)O)c1. The summed E-state index contributed by atoms with van der Waals surface area (Å²) in [5.74, 6) is -0.931. The molecule has 0 saturated carbocycles. The first-order valence-electron chi connectivity index (χ1n) is 5.40. The average molecular weight is 306 g/mol. The second kappa shape index (κ2) is 5.23. The third-order valence-electron chi connectivity index (χ3n) is 2.66. The molecule has 92 valence electrons. The quantitative estimate of drug-likeness (QED) is 0.934. The standard InChI is InChI=1S/C14H12BrNO2/c1-16(12-5-3-2-4-6-12)13-8-10(14(17)18)7-11(15)9-13/h2-9H,1H3,(H,17,18). The van der Waals surface area contributed by atoms with Crippen molar-refractivity contribution < 1.29 is 9.90 Å². The molecule has 0 aromatic heterocycles. The molecule has 0 aliphatic heterocycles. The minimum absolute atomic E-state index is 0.266. The lowest BCUT2D eigenvalue weighted by molar-refractivity contribution is 0.0697. The molecule has 18 heavy (non-hydrogen) atoms. The molecule has 0 amide bonds. The van der Waals surface area contributed by atoms with Crippen molar-refractivity contribution in [2.45, 2.75) is 0 Å². The molecular formula is C14H12BrNO2. The van der Waals surface area contributed by atoms with Crippen molar-refractivity contribution in [2.75, 3.05) is 11.9 Å². The van der Waals surface area contributed by atoms with Gasteiger partial charge in [-0.25, -0.2) is 4.79 Å². The zero-order valence-corrected chi connectivity index (χ0v) is 11.4. The monoisotopic (exact) mass is 305 g/mol. The molecule has 0 saturated heterocycles. The number of rotatable bonds is 3. The largest absolute Gasteiger partial charge is 0.478 e. The van der Waals surface area contributed by atoms with Crippen molar-refractivity contribution in [3.63, 3.8) is 0 Å². The van der Waals surface area contributed by atoms with Crippen LogP contribution in [0, 0.1) is 0 Å². The Balaban J connectivity index is 2.42. The number of para-hydroxylation sites is 1. The Bertz CT molecular complexity index is 569. The first-order chi connectivity index (χ1) is 8.58. The summed E-state index contributed by atoms with van der Waals surface area (Å²) in [6.45, 7) is 0. The summed E-state index contributed by atoms with van der Waals surface area (Å²) < 4.78 is 0.750. The average Bonchev–Trinajstić information content (AvgIpc) is 2.38. The number of halogens is 1. The van der Waals surface area contributed by atoms with Gasteiger partial charge >= 0.3 is 5.97 Å². The van der Waals surface area contributed by atoms with Gasteiger partial charge in [0.15, 0.2) is 0 Å². The van der Waals surface area contributed by atoms with Crippen molar-refractivity contribution in [1.29, 1.82) is 0 Å². The van der Waals surface area contributed by atoms with Crippen molar-refractivity contribution >= 4 is 33.3 Å². The Kier molecular flexibility index (Phi) is 3.67. The fourth-order valence-electron chi connectivity index (χ4n) is 1.69. The van der Waals surface area contributed by atoms with Gasteiger partial charge in [-0.15, -0.1) is 0 Å². The summed E-state index contributed by atoms with van der Waals surface area (Å²) in [4.78, 5) is 13.0. The second-order valence-electron chi connectivity index (χ2n) is 3.90. The van der Waals surface area contributed by atoms with E-state index in [0.717, 1.165) is 15.8 Å². The van der Waals surface area contributed by atoms with Crippen LogP contribution in [0.3, 0.4) is 0 Å². The van der Waals surface area contributed by atoms with Gasteiger partial charge in [-0.2, -0.15) is 0 Å². The van der Waals surface area contributed by atoms with E-state index in [1.807, 2.05) is 48.3 Å². The summed E-state index contributed by atoms with van der Waals surface area (Å²) in [5, 5.41) is 9.05. The van der Waals surface area contributed by atoms with E-state index in [-0.39, 0.29) is 5.56 Å². The van der Waals surface area contributed by atoms with Crippen LogP contribution < -0.4 is 4.90 Å². The van der Waals surface area contributed by atoms with Crippen LogP contribution in [0.1, 0.15) is 10.4 Å². The summed E-state index contributed by atoms with van der Waals surface area (Å²) in [6.07, 6.45) is 0. The molecule has 2 aromatic rings. The Morgan fingerprint density at radius 1 is 1.11 bits per heavy atom. The van der Waals surface area contributed by atoms with Crippen LogP contribution in [0.15, 0.2) is 53.0 Å². The highest BCUT2D eigenvalue weighted by Crippen LogP contribution is 2.27. The van der Waals surface area contributed by atoms with Crippen molar-refractivity contribution in [3.8, 4) is 0 Å². The molecule has 0 spiro atoms. The van der Waals surface area contributed by atoms with Crippen molar-refractivity contribution in [1.82, 2.24) is 0 Å². The van der Waals surface area contributed by atoms with Crippen molar-refractivity contribution in [2.24, 2.45) is 0 Å². The van der Waals surface area contributed by atoms with Crippen LogP contribution in [0.5, 0.6) is 0 Å². The first kappa shape index (κ1) is 12.6. The predicted molar refractivity (Wildman–Crippen MR) is 75.6 cm³/mol. The molecule has 3 nitrogen and oxygen atoms in total. The summed E-state index contributed by atoms with van der Waals surface area (Å²) in [5.41, 5.74) is 2.10. The van der Waals surface area contributed by atoms with Gasteiger partial charge in [0.1, 0.15) is 0 Å². The Morgan fingerprint density at radius 3 is 2.39 bits per heavy atom. The molecule has 0 fully saturated rings. The lowest BCUT2D eigenvalue weighted by Gasteiger charge is -2.20. The van der Waals surface area contributed by atoms with E-state index in [1.54, 1.807) is 12.1 Å². The molecule has 0 aliphatic rings. The number of carbonyl (C=O) groups is 1. The Labute approximate surface area is 114 Å². The van der Waals surface area contributed by atoms with E-state index >= 15 is 0 Å². The van der Waals surface area contributed by atoms with Crippen LogP contribution in [-0.4, -0.2) is 18.1 Å². The minimum atomic E-state index is -0.931. The molecule has 0 heterocycles. The number of carboxylic acids is 1. The van der Waals surface area contributed by atoms with Gasteiger partial charge in [0.25, 0.3) is 0 Å². The lowest BCUT2D eigenvalue weighted by atomic mass is 10.2. The fourth-order valence-corrected chi connectivity index (χ4v) is 2.17. The van der Waals surface area contributed by atoms with Crippen LogP contribution in [-0.2, 0) is 0 Å². The minimum Gasteiger partial charge on any atom is -0.478 e. The normalized spacial score (nSPS) is 10.1. The molecule has 0 unspecified atom stereocenters. The highest BCUT2D eigenvalue weighted by molar-refractivity contribution is 9.10. The zero-order valence-electron chi connectivity index (χ0n) is 9.80. The fraction of sp³-hybridized carbons (Fsp3) is 0.0714. The number of hydrogen-bond donors (Lipinski definition) is 1. The van der Waals surface area contributed by atoms with E-state index in [0.29, 0.717) is 0 Å². The predicted octanol–water partition coefficient (Wildman–Crippen LogP) is 3.92.